The quantitative estimate of drug-likeness (QED) is 0.456. The number of allylic oxidation sites excluding steroid dienone is 2. The number of methoxy groups -OCH3 is 2. The topological polar surface area (TPSA) is 49.7 Å². The lowest BCUT2D eigenvalue weighted by Gasteiger charge is -2.34. The first-order valence-electron chi connectivity index (χ1n) is 11.5. The average Bonchev–Trinajstić information content (AvgIpc) is 3.15. The number of hydrogen-bond acceptors (Lipinski definition) is 4. The van der Waals surface area contributed by atoms with Crippen molar-refractivity contribution in [3.05, 3.63) is 83.1 Å². The lowest BCUT2D eigenvalue weighted by atomic mass is 9.79. The molecule has 0 radical (unpaired) electrons. The van der Waals surface area contributed by atoms with E-state index in [1.807, 2.05) is 19.1 Å². The third-order valence-electron chi connectivity index (χ3n) is 6.92. The second-order valence-electron chi connectivity index (χ2n) is 8.60. The van der Waals surface area contributed by atoms with Crippen LogP contribution in [0.25, 0.3) is 21.9 Å². The fourth-order valence-electron chi connectivity index (χ4n) is 5.41. The van der Waals surface area contributed by atoms with Gasteiger partial charge in [0.1, 0.15) is 0 Å². The van der Waals surface area contributed by atoms with Gasteiger partial charge in [-0.15, -0.1) is 0 Å². The van der Waals surface area contributed by atoms with Gasteiger partial charge in [-0.1, -0.05) is 36.4 Å². The van der Waals surface area contributed by atoms with Gasteiger partial charge >= 0.3 is 5.97 Å². The maximum Gasteiger partial charge on any atom is 0.340 e. The summed E-state index contributed by atoms with van der Waals surface area (Å²) in [7, 11) is 3.31. The van der Waals surface area contributed by atoms with E-state index in [4.69, 9.17) is 14.2 Å². The van der Waals surface area contributed by atoms with Crippen molar-refractivity contribution in [3.63, 3.8) is 0 Å². The van der Waals surface area contributed by atoms with Gasteiger partial charge in [-0.3, -0.25) is 0 Å². The predicted molar refractivity (Wildman–Crippen MR) is 129 cm³/mol. The van der Waals surface area contributed by atoms with E-state index in [2.05, 4.69) is 54.0 Å². The number of carbonyl (C=O) groups excluding carboxylic acids is 1. The largest absolute Gasteiger partial charge is 0.493 e. The number of rotatable bonds is 5. The minimum Gasteiger partial charge on any atom is -0.493 e. The van der Waals surface area contributed by atoms with Gasteiger partial charge in [0.2, 0.25) is 0 Å². The maximum absolute atomic E-state index is 13.4. The van der Waals surface area contributed by atoms with Crippen molar-refractivity contribution in [3.8, 4) is 11.1 Å². The molecule has 5 nitrogen and oxygen atoms in total. The fraction of sp³-hybridized carbons (Fsp3) is 0.321. The van der Waals surface area contributed by atoms with E-state index in [1.54, 1.807) is 14.2 Å². The number of hydrogen-bond donors (Lipinski definition) is 0. The molecule has 2 heterocycles. The minimum atomic E-state index is -0.271. The van der Waals surface area contributed by atoms with Crippen LogP contribution in [-0.4, -0.2) is 31.4 Å². The number of carbonyl (C=O) groups is 1. The summed E-state index contributed by atoms with van der Waals surface area (Å²) in [6.45, 7) is 5.13. The molecular formula is C28H29NO4. The van der Waals surface area contributed by atoms with Crippen LogP contribution in [0.2, 0.25) is 0 Å². The molecule has 33 heavy (non-hydrogen) atoms. The summed E-state index contributed by atoms with van der Waals surface area (Å²) in [5.41, 5.74) is 4.76. The van der Waals surface area contributed by atoms with Crippen LogP contribution in [0.5, 0.6) is 0 Å². The molecule has 0 saturated heterocycles. The Hall–Kier alpha value is -3.47. The number of aromatic nitrogens is 1. The Balaban J connectivity index is 1.74. The summed E-state index contributed by atoms with van der Waals surface area (Å²) in [4.78, 5) is 13.4. The smallest absolute Gasteiger partial charge is 0.340 e. The summed E-state index contributed by atoms with van der Waals surface area (Å²) in [6.07, 6.45) is 5.20. The van der Waals surface area contributed by atoms with Crippen LogP contribution in [0, 0.1) is 12.8 Å². The first-order valence-corrected chi connectivity index (χ1v) is 11.5. The van der Waals surface area contributed by atoms with E-state index in [9.17, 15) is 4.79 Å². The lowest BCUT2D eigenvalue weighted by Crippen LogP contribution is -2.27. The number of fused-ring (bicyclic) bond motifs is 4. The second kappa shape index (κ2) is 8.47. The standard InChI is InChI=1S/C28H29NO4/c1-5-33-28(30)26-25(21-11-10-18-8-6-7-9-19(18)14-21)17(2)29-13-12-20-15-23(31-3)24(32-4)16-22(20)27(26)29/h6-11,14-16,20,22H,5,12-13H2,1-4H3. The van der Waals surface area contributed by atoms with Crippen LogP contribution < -0.4 is 0 Å². The summed E-state index contributed by atoms with van der Waals surface area (Å²) in [5.74, 6) is 1.43. The molecule has 0 amide bonds. The van der Waals surface area contributed by atoms with E-state index in [0.29, 0.717) is 17.9 Å². The molecule has 3 aromatic rings. The van der Waals surface area contributed by atoms with Crippen molar-refractivity contribution < 1.29 is 19.0 Å². The van der Waals surface area contributed by atoms with Gasteiger partial charge in [0.15, 0.2) is 11.5 Å². The van der Waals surface area contributed by atoms with E-state index in [0.717, 1.165) is 46.6 Å². The Morgan fingerprint density at radius 3 is 2.48 bits per heavy atom. The summed E-state index contributed by atoms with van der Waals surface area (Å²) >= 11 is 0. The summed E-state index contributed by atoms with van der Waals surface area (Å²) in [6, 6.07) is 14.7. The second-order valence-corrected chi connectivity index (χ2v) is 8.60. The molecule has 170 valence electrons. The van der Waals surface area contributed by atoms with Crippen molar-refractivity contribution in [2.24, 2.45) is 5.92 Å². The Bertz CT molecular complexity index is 1300. The molecule has 0 N–H and O–H groups in total. The zero-order valence-corrected chi connectivity index (χ0v) is 19.6. The molecule has 5 heteroatoms. The van der Waals surface area contributed by atoms with Crippen LogP contribution in [0.3, 0.4) is 0 Å². The van der Waals surface area contributed by atoms with Gasteiger partial charge in [-0.25, -0.2) is 4.79 Å². The van der Waals surface area contributed by atoms with Gasteiger partial charge in [0.05, 0.1) is 26.4 Å². The van der Waals surface area contributed by atoms with Crippen LogP contribution in [-0.2, 0) is 20.8 Å². The number of benzene rings is 2. The number of nitrogens with zero attached hydrogens (tertiary/aromatic N) is 1. The minimum absolute atomic E-state index is 0.0138. The molecule has 2 aliphatic rings. The summed E-state index contributed by atoms with van der Waals surface area (Å²) < 4.78 is 19.1. The highest BCUT2D eigenvalue weighted by Crippen LogP contribution is 2.47. The van der Waals surface area contributed by atoms with Crippen molar-refractivity contribution in [2.75, 3.05) is 20.8 Å². The molecule has 2 unspecified atom stereocenters. The molecule has 1 aliphatic carbocycles. The molecule has 0 spiro atoms. The molecule has 2 aromatic carbocycles. The number of ether oxygens (including phenoxy) is 3. The first-order chi connectivity index (χ1) is 16.1. The van der Waals surface area contributed by atoms with E-state index in [-0.39, 0.29) is 17.8 Å². The SMILES string of the molecule is CCOC(=O)c1c(-c2ccc3ccccc3c2)c(C)n2c1C1C=C(OC)C(OC)=CC1CC2. The fourth-order valence-corrected chi connectivity index (χ4v) is 5.41. The van der Waals surface area contributed by atoms with Gasteiger partial charge in [-0.2, -0.15) is 0 Å². The molecule has 0 fully saturated rings. The highest BCUT2D eigenvalue weighted by Gasteiger charge is 2.39. The average molecular weight is 444 g/mol. The first kappa shape index (κ1) is 21.4. The normalized spacial score (nSPS) is 19.3. The van der Waals surface area contributed by atoms with Crippen LogP contribution >= 0.6 is 0 Å². The Morgan fingerprint density at radius 2 is 1.76 bits per heavy atom. The predicted octanol–water partition coefficient (Wildman–Crippen LogP) is 5.97. The number of esters is 1. The van der Waals surface area contributed by atoms with E-state index in [1.165, 1.54) is 5.39 Å². The Kier molecular flexibility index (Phi) is 5.49. The third kappa shape index (κ3) is 3.43. The monoisotopic (exact) mass is 443 g/mol. The summed E-state index contributed by atoms with van der Waals surface area (Å²) in [5, 5.41) is 2.33. The lowest BCUT2D eigenvalue weighted by molar-refractivity contribution is 0.0524. The third-order valence-corrected chi connectivity index (χ3v) is 6.92. The molecule has 5 rings (SSSR count). The van der Waals surface area contributed by atoms with Crippen molar-refractivity contribution in [1.29, 1.82) is 0 Å². The van der Waals surface area contributed by atoms with E-state index < -0.39 is 0 Å². The molecule has 1 aliphatic heterocycles. The van der Waals surface area contributed by atoms with Gasteiger partial charge in [-0.05, 0) is 60.7 Å². The molecule has 0 bridgehead atoms. The van der Waals surface area contributed by atoms with E-state index >= 15 is 0 Å². The van der Waals surface area contributed by atoms with Gasteiger partial charge in [0.25, 0.3) is 0 Å². The Labute approximate surface area is 194 Å². The molecule has 0 saturated carbocycles. The van der Waals surface area contributed by atoms with Crippen molar-refractivity contribution in [2.45, 2.75) is 32.7 Å². The van der Waals surface area contributed by atoms with Crippen LogP contribution in [0.1, 0.15) is 41.0 Å². The Morgan fingerprint density at radius 1 is 1.03 bits per heavy atom. The maximum atomic E-state index is 13.4. The van der Waals surface area contributed by atoms with Gasteiger partial charge < -0.3 is 18.8 Å². The molecule has 1 aromatic heterocycles. The molecule has 2 atom stereocenters. The highest BCUT2D eigenvalue weighted by molar-refractivity contribution is 6.01. The van der Waals surface area contributed by atoms with Crippen LogP contribution in [0.15, 0.2) is 66.1 Å². The van der Waals surface area contributed by atoms with Crippen LogP contribution in [0.4, 0.5) is 0 Å². The zero-order valence-electron chi connectivity index (χ0n) is 19.6. The van der Waals surface area contributed by atoms with Crippen molar-refractivity contribution in [1.82, 2.24) is 4.57 Å². The molecular weight excluding hydrogens is 414 g/mol. The van der Waals surface area contributed by atoms with Crippen molar-refractivity contribution >= 4 is 16.7 Å². The zero-order chi connectivity index (χ0) is 23.1. The van der Waals surface area contributed by atoms with Gasteiger partial charge in [0, 0.05) is 29.4 Å². The highest BCUT2D eigenvalue weighted by atomic mass is 16.5.